The van der Waals surface area contributed by atoms with Crippen LogP contribution < -0.4 is 10.1 Å². The molecule has 3 atom stereocenters. The maximum Gasteiger partial charge on any atom is 0.320 e. The third-order valence-corrected chi connectivity index (χ3v) is 5.85. The molecule has 144 valence electrons. The van der Waals surface area contributed by atoms with Gasteiger partial charge < -0.3 is 15.0 Å². The van der Waals surface area contributed by atoms with E-state index < -0.39 is 0 Å². The number of fused-ring (bicyclic) bond motifs is 2. The highest BCUT2D eigenvalue weighted by Gasteiger charge is 2.51. The van der Waals surface area contributed by atoms with Crippen LogP contribution in [0.3, 0.4) is 0 Å². The summed E-state index contributed by atoms with van der Waals surface area (Å²) in [6.45, 7) is 14.0. The molecule has 1 aromatic rings. The van der Waals surface area contributed by atoms with Gasteiger partial charge in [-0.1, -0.05) is 52.8 Å². The van der Waals surface area contributed by atoms with Crippen LogP contribution in [0.15, 0.2) is 24.3 Å². The number of hydrogen-bond acceptors (Lipinski definition) is 2. The van der Waals surface area contributed by atoms with Gasteiger partial charge in [0.2, 0.25) is 0 Å². The molecule has 3 unspecified atom stereocenters. The molecule has 2 fully saturated rings. The van der Waals surface area contributed by atoms with Crippen molar-refractivity contribution in [3.05, 3.63) is 29.8 Å². The molecule has 0 radical (unpaired) electrons. The van der Waals surface area contributed by atoms with Gasteiger partial charge in [0.1, 0.15) is 5.75 Å². The Morgan fingerprint density at radius 2 is 1.88 bits per heavy atom. The molecule has 1 heterocycles. The number of nitrogens with one attached hydrogen (secondary N) is 1. The van der Waals surface area contributed by atoms with Gasteiger partial charge in [-0.3, -0.25) is 0 Å². The second-order valence-corrected chi connectivity index (χ2v) is 9.74. The van der Waals surface area contributed by atoms with Gasteiger partial charge >= 0.3 is 6.03 Å². The molecule has 1 aromatic carbocycles. The van der Waals surface area contributed by atoms with Crippen molar-refractivity contribution in [1.29, 1.82) is 0 Å². The highest BCUT2D eigenvalue weighted by atomic mass is 16.5. The van der Waals surface area contributed by atoms with E-state index in [0.29, 0.717) is 17.4 Å². The van der Waals surface area contributed by atoms with E-state index in [1.807, 2.05) is 30.0 Å². The fourth-order valence-corrected chi connectivity index (χ4v) is 5.24. The molecule has 26 heavy (non-hydrogen) atoms. The van der Waals surface area contributed by atoms with E-state index in [9.17, 15) is 4.79 Å². The molecule has 4 nitrogen and oxygen atoms in total. The maximum absolute atomic E-state index is 12.9. The van der Waals surface area contributed by atoms with Gasteiger partial charge in [-0.25, -0.2) is 4.79 Å². The molecule has 0 aromatic heterocycles. The summed E-state index contributed by atoms with van der Waals surface area (Å²) in [6, 6.07) is 8.41. The Bertz CT molecular complexity index is 670. The number of amides is 2. The quantitative estimate of drug-likeness (QED) is 0.757. The summed E-state index contributed by atoms with van der Waals surface area (Å²) >= 11 is 0. The molecule has 2 amide bonds. The van der Waals surface area contributed by atoms with Crippen molar-refractivity contribution in [1.82, 2.24) is 10.2 Å². The highest BCUT2D eigenvalue weighted by Crippen LogP contribution is 2.52. The maximum atomic E-state index is 12.9. The highest BCUT2D eigenvalue weighted by molar-refractivity contribution is 5.75. The van der Waals surface area contributed by atoms with Crippen LogP contribution in [-0.2, 0) is 0 Å². The first-order valence-electron chi connectivity index (χ1n) is 9.91. The predicted octanol–water partition coefficient (Wildman–Crippen LogP) is 5.15. The fraction of sp³-hybridized carbons (Fsp3) is 0.682. The van der Waals surface area contributed by atoms with Crippen LogP contribution in [0.1, 0.15) is 72.3 Å². The third-order valence-electron chi connectivity index (χ3n) is 5.85. The van der Waals surface area contributed by atoms with E-state index in [1.165, 1.54) is 12.0 Å². The number of rotatable bonds is 4. The summed E-state index contributed by atoms with van der Waals surface area (Å²) in [5, 5.41) is 3.06. The van der Waals surface area contributed by atoms with Crippen molar-refractivity contribution < 1.29 is 9.53 Å². The molecular formula is C22H34N2O2. The zero-order valence-corrected chi connectivity index (χ0v) is 17.1. The Labute approximate surface area is 158 Å². The molecule has 1 N–H and O–H groups in total. The lowest BCUT2D eigenvalue weighted by Crippen LogP contribution is -2.48. The van der Waals surface area contributed by atoms with Crippen molar-refractivity contribution in [2.45, 2.75) is 79.0 Å². The van der Waals surface area contributed by atoms with E-state index in [-0.39, 0.29) is 17.7 Å². The number of para-hydroxylation sites is 1. The molecule has 2 bridgehead atoms. The zero-order valence-electron chi connectivity index (χ0n) is 17.1. The summed E-state index contributed by atoms with van der Waals surface area (Å²) in [6.07, 6.45) is 3.04. The standard InChI is InChI=1S/C22H34N2O2/c1-15(2)18-9-7-8-10-19(18)26-16(3)23-20(25)24-14-22(6)12-17(24)11-21(4,5)13-22/h7-10,15-17H,11-14H2,1-6H3,(H,23,25). The van der Waals surface area contributed by atoms with Crippen LogP contribution in [0.2, 0.25) is 0 Å². The van der Waals surface area contributed by atoms with Crippen LogP contribution >= 0.6 is 0 Å². The molecule has 3 rings (SSSR count). The molecule has 1 aliphatic heterocycles. The lowest BCUT2D eigenvalue weighted by molar-refractivity contribution is 0.125. The Kier molecular flexibility index (Phi) is 4.98. The zero-order chi connectivity index (χ0) is 19.1. The normalized spacial score (nSPS) is 28.1. The average Bonchev–Trinajstić information content (AvgIpc) is 2.76. The smallest absolute Gasteiger partial charge is 0.320 e. The fourth-order valence-electron chi connectivity index (χ4n) is 5.24. The number of benzene rings is 1. The summed E-state index contributed by atoms with van der Waals surface area (Å²) in [5.41, 5.74) is 1.73. The Hall–Kier alpha value is -1.71. The third kappa shape index (κ3) is 3.99. The predicted molar refractivity (Wildman–Crippen MR) is 105 cm³/mol. The second-order valence-electron chi connectivity index (χ2n) is 9.74. The SMILES string of the molecule is CC(NC(=O)N1CC2(C)CC1CC(C)(C)C2)Oc1ccccc1C(C)C. The summed E-state index contributed by atoms with van der Waals surface area (Å²) in [7, 11) is 0. The Morgan fingerprint density at radius 1 is 1.19 bits per heavy atom. The van der Waals surface area contributed by atoms with Crippen LogP contribution in [-0.4, -0.2) is 29.7 Å². The van der Waals surface area contributed by atoms with E-state index in [1.54, 1.807) is 0 Å². The van der Waals surface area contributed by atoms with Gasteiger partial charge in [0, 0.05) is 12.6 Å². The van der Waals surface area contributed by atoms with Gasteiger partial charge in [0.05, 0.1) is 0 Å². The number of ether oxygens (including phenoxy) is 1. The monoisotopic (exact) mass is 358 g/mol. The van der Waals surface area contributed by atoms with Crippen molar-refractivity contribution in [3.8, 4) is 5.75 Å². The van der Waals surface area contributed by atoms with Crippen LogP contribution in [0, 0.1) is 10.8 Å². The van der Waals surface area contributed by atoms with Gasteiger partial charge in [-0.2, -0.15) is 0 Å². The molecule has 0 spiro atoms. The van der Waals surface area contributed by atoms with Crippen LogP contribution in [0.5, 0.6) is 5.75 Å². The van der Waals surface area contributed by atoms with Gasteiger partial charge in [0.15, 0.2) is 6.23 Å². The number of urea groups is 1. The number of hydrogen-bond donors (Lipinski definition) is 1. The molecule has 1 saturated carbocycles. The largest absolute Gasteiger partial charge is 0.471 e. The second kappa shape index (κ2) is 6.79. The number of likely N-dealkylation sites (tertiary alicyclic amines) is 1. The molecule has 1 aliphatic carbocycles. The van der Waals surface area contributed by atoms with E-state index in [2.05, 4.69) is 46.0 Å². The number of carbonyl (C=O) groups is 1. The summed E-state index contributed by atoms with van der Waals surface area (Å²) < 4.78 is 6.06. The lowest BCUT2D eigenvalue weighted by Gasteiger charge is -2.39. The Balaban J connectivity index is 1.64. The minimum absolute atomic E-state index is 0.00551. The van der Waals surface area contributed by atoms with E-state index >= 15 is 0 Å². The first kappa shape index (κ1) is 19.1. The molecule has 4 heteroatoms. The minimum atomic E-state index is -0.358. The molecular weight excluding hydrogens is 324 g/mol. The average molecular weight is 359 g/mol. The summed E-state index contributed by atoms with van der Waals surface area (Å²) in [5.74, 6) is 1.23. The van der Waals surface area contributed by atoms with Crippen molar-refractivity contribution in [2.75, 3.05) is 6.54 Å². The van der Waals surface area contributed by atoms with Crippen molar-refractivity contribution in [3.63, 3.8) is 0 Å². The summed E-state index contributed by atoms with van der Waals surface area (Å²) in [4.78, 5) is 14.9. The van der Waals surface area contributed by atoms with Crippen LogP contribution in [0.25, 0.3) is 0 Å². The van der Waals surface area contributed by atoms with Crippen LogP contribution in [0.4, 0.5) is 4.79 Å². The van der Waals surface area contributed by atoms with Gasteiger partial charge in [-0.05, 0) is 54.6 Å². The Morgan fingerprint density at radius 3 is 2.58 bits per heavy atom. The first-order chi connectivity index (χ1) is 12.1. The van der Waals surface area contributed by atoms with E-state index in [4.69, 9.17) is 4.74 Å². The van der Waals surface area contributed by atoms with Gasteiger partial charge in [0.25, 0.3) is 0 Å². The van der Waals surface area contributed by atoms with Crippen molar-refractivity contribution in [2.24, 2.45) is 10.8 Å². The minimum Gasteiger partial charge on any atom is -0.471 e. The number of nitrogens with zero attached hydrogens (tertiary/aromatic N) is 1. The lowest BCUT2D eigenvalue weighted by atomic mass is 9.65. The number of carbonyl (C=O) groups excluding carboxylic acids is 1. The molecule has 1 saturated heterocycles. The van der Waals surface area contributed by atoms with Gasteiger partial charge in [-0.15, -0.1) is 0 Å². The first-order valence-corrected chi connectivity index (χ1v) is 9.91. The molecule has 2 aliphatic rings. The van der Waals surface area contributed by atoms with E-state index in [0.717, 1.165) is 25.1 Å². The topological polar surface area (TPSA) is 41.6 Å². The van der Waals surface area contributed by atoms with Crippen molar-refractivity contribution >= 4 is 6.03 Å².